The Hall–Kier alpha value is -6.96. The maximum Gasteiger partial charge on any atom is 0.0726 e. The van der Waals surface area contributed by atoms with E-state index in [-0.39, 0.29) is 0 Å². The number of nitrogens with zero attached hydrogens (tertiary/aromatic N) is 1. The molecular formula is C53H31N. The van der Waals surface area contributed by atoms with Crippen LogP contribution in [0.2, 0.25) is 0 Å². The first-order valence-electron chi connectivity index (χ1n) is 18.9. The summed E-state index contributed by atoms with van der Waals surface area (Å²) in [5.41, 5.74) is 22.0. The molecule has 0 saturated heterocycles. The van der Waals surface area contributed by atoms with Gasteiger partial charge in [-0.2, -0.15) is 0 Å². The zero-order chi connectivity index (χ0) is 35.1. The molecule has 1 aromatic heterocycles. The summed E-state index contributed by atoms with van der Waals surface area (Å²) in [7, 11) is 0. The maximum atomic E-state index is 2.57. The van der Waals surface area contributed by atoms with Crippen molar-refractivity contribution in [3.05, 3.63) is 210 Å². The van der Waals surface area contributed by atoms with Crippen molar-refractivity contribution < 1.29 is 0 Å². The molecule has 0 fully saturated rings. The Morgan fingerprint density at radius 2 is 0.889 bits per heavy atom. The molecule has 1 spiro atoms. The molecule has 54 heavy (non-hydrogen) atoms. The lowest BCUT2D eigenvalue weighted by Crippen LogP contribution is -2.26. The number of hydrogen-bond acceptors (Lipinski definition) is 0. The van der Waals surface area contributed by atoms with E-state index in [0.29, 0.717) is 0 Å². The van der Waals surface area contributed by atoms with Crippen molar-refractivity contribution in [2.75, 3.05) is 0 Å². The number of hydrogen-bond donors (Lipinski definition) is 0. The van der Waals surface area contributed by atoms with Gasteiger partial charge in [0.1, 0.15) is 0 Å². The molecule has 0 bridgehead atoms. The van der Waals surface area contributed by atoms with E-state index in [1.54, 1.807) is 0 Å². The average molecular weight is 682 g/mol. The predicted octanol–water partition coefficient (Wildman–Crippen LogP) is 13.6. The largest absolute Gasteiger partial charge is 0.309 e. The Bertz CT molecular complexity index is 3270. The molecule has 0 radical (unpaired) electrons. The Kier molecular flexibility index (Phi) is 5.36. The van der Waals surface area contributed by atoms with Crippen molar-refractivity contribution in [1.29, 1.82) is 0 Å². The van der Waals surface area contributed by atoms with Crippen LogP contribution in [0.4, 0.5) is 0 Å². The molecule has 13 rings (SSSR count). The second-order valence-corrected chi connectivity index (χ2v) is 15.1. The third-order valence-electron chi connectivity index (χ3n) is 12.7. The Morgan fingerprint density at radius 1 is 0.315 bits per heavy atom. The summed E-state index contributed by atoms with van der Waals surface area (Å²) >= 11 is 0. The van der Waals surface area contributed by atoms with Crippen LogP contribution in [0.15, 0.2) is 188 Å². The summed E-state index contributed by atoms with van der Waals surface area (Å²) in [6.07, 6.45) is 0. The summed E-state index contributed by atoms with van der Waals surface area (Å²) in [5, 5.41) is 5.27. The van der Waals surface area contributed by atoms with Crippen LogP contribution in [-0.4, -0.2) is 4.57 Å². The molecule has 3 aliphatic carbocycles. The first kappa shape index (κ1) is 28.6. The predicted molar refractivity (Wildman–Crippen MR) is 224 cm³/mol. The number of aromatic nitrogens is 1. The lowest BCUT2D eigenvalue weighted by atomic mass is 9.70. The second-order valence-electron chi connectivity index (χ2n) is 15.1. The van der Waals surface area contributed by atoms with Gasteiger partial charge in [0, 0.05) is 16.5 Å². The molecule has 1 nitrogen and oxygen atoms in total. The Balaban J connectivity index is 1.12. The van der Waals surface area contributed by atoms with Crippen LogP contribution in [0, 0.1) is 0 Å². The van der Waals surface area contributed by atoms with Crippen molar-refractivity contribution in [3.8, 4) is 61.3 Å². The lowest BCUT2D eigenvalue weighted by molar-refractivity contribution is 0.795. The van der Waals surface area contributed by atoms with Gasteiger partial charge >= 0.3 is 0 Å². The van der Waals surface area contributed by atoms with E-state index in [1.165, 1.54) is 116 Å². The van der Waals surface area contributed by atoms with Gasteiger partial charge in [0.15, 0.2) is 0 Å². The van der Waals surface area contributed by atoms with E-state index in [2.05, 4.69) is 193 Å². The van der Waals surface area contributed by atoms with Crippen LogP contribution in [0.3, 0.4) is 0 Å². The molecule has 1 heteroatoms. The van der Waals surface area contributed by atoms with Crippen LogP contribution in [0.1, 0.15) is 22.3 Å². The Morgan fingerprint density at radius 3 is 1.70 bits per heavy atom. The van der Waals surface area contributed by atoms with E-state index in [4.69, 9.17) is 0 Å². The van der Waals surface area contributed by atoms with Crippen LogP contribution in [-0.2, 0) is 5.41 Å². The van der Waals surface area contributed by atoms with E-state index in [9.17, 15) is 0 Å². The quantitative estimate of drug-likeness (QED) is 0.171. The monoisotopic (exact) mass is 681 g/mol. The highest BCUT2D eigenvalue weighted by molar-refractivity contribution is 6.21. The van der Waals surface area contributed by atoms with Crippen LogP contribution < -0.4 is 0 Å². The van der Waals surface area contributed by atoms with Crippen LogP contribution in [0.25, 0.3) is 93.9 Å². The summed E-state index contributed by atoms with van der Waals surface area (Å²) in [4.78, 5) is 0. The average Bonchev–Trinajstić information content (AvgIpc) is 3.94. The molecule has 248 valence electrons. The van der Waals surface area contributed by atoms with Gasteiger partial charge < -0.3 is 4.57 Å². The molecular weight excluding hydrogens is 651 g/mol. The molecule has 10 aromatic rings. The summed E-state index contributed by atoms with van der Waals surface area (Å²) in [5.74, 6) is 0. The minimum Gasteiger partial charge on any atom is -0.309 e. The minimum atomic E-state index is -0.445. The fourth-order valence-corrected chi connectivity index (χ4v) is 10.8. The topological polar surface area (TPSA) is 4.93 Å². The maximum absolute atomic E-state index is 2.57. The Labute approximate surface area is 313 Å². The number of benzene rings is 9. The van der Waals surface area contributed by atoms with Gasteiger partial charge in [0.05, 0.1) is 16.4 Å². The third-order valence-corrected chi connectivity index (χ3v) is 12.7. The van der Waals surface area contributed by atoms with Crippen molar-refractivity contribution in [2.24, 2.45) is 0 Å². The van der Waals surface area contributed by atoms with Crippen molar-refractivity contribution in [3.63, 3.8) is 0 Å². The molecule has 1 heterocycles. The SMILES string of the molecule is c1ccc(-n2c3ccccc3c3cc(-c4cccc5c4-c4ccccc4C54c5ccccc5-c5c4cc4c6c(cccc56)-c5ccccc5-4)ccc32)cc1. The van der Waals surface area contributed by atoms with Gasteiger partial charge in [-0.25, -0.2) is 0 Å². The smallest absolute Gasteiger partial charge is 0.0726 e. The van der Waals surface area contributed by atoms with Gasteiger partial charge in [0.2, 0.25) is 0 Å². The normalized spacial score (nSPS) is 15.5. The van der Waals surface area contributed by atoms with E-state index < -0.39 is 5.41 Å². The van der Waals surface area contributed by atoms with Gasteiger partial charge in [0.25, 0.3) is 0 Å². The van der Waals surface area contributed by atoms with Crippen molar-refractivity contribution >= 4 is 32.6 Å². The fourth-order valence-electron chi connectivity index (χ4n) is 10.8. The third kappa shape index (κ3) is 3.33. The van der Waals surface area contributed by atoms with Crippen LogP contribution in [0.5, 0.6) is 0 Å². The van der Waals surface area contributed by atoms with Gasteiger partial charge in [-0.05, 0) is 125 Å². The summed E-state index contributed by atoms with van der Waals surface area (Å²) < 4.78 is 2.40. The van der Waals surface area contributed by atoms with Gasteiger partial charge in [-0.15, -0.1) is 0 Å². The van der Waals surface area contributed by atoms with Crippen molar-refractivity contribution in [2.45, 2.75) is 5.41 Å². The highest BCUT2D eigenvalue weighted by Crippen LogP contribution is 2.66. The van der Waals surface area contributed by atoms with E-state index in [1.807, 2.05) is 0 Å². The molecule has 1 atom stereocenters. The summed E-state index contributed by atoms with van der Waals surface area (Å²) in [6.45, 7) is 0. The zero-order valence-electron chi connectivity index (χ0n) is 29.3. The highest BCUT2D eigenvalue weighted by Gasteiger charge is 2.53. The molecule has 0 saturated carbocycles. The van der Waals surface area contributed by atoms with E-state index in [0.717, 1.165) is 0 Å². The van der Waals surface area contributed by atoms with Gasteiger partial charge in [-0.3, -0.25) is 0 Å². The van der Waals surface area contributed by atoms with Gasteiger partial charge in [-0.1, -0.05) is 152 Å². The first-order valence-corrected chi connectivity index (χ1v) is 18.9. The molecule has 1 unspecified atom stereocenters. The number of fused-ring (bicyclic) bond motifs is 17. The molecule has 0 N–H and O–H groups in total. The standard InChI is InChI=1S/C53H31N/c1-2-14-33(15-3-1)54-48-27-11-8-18-37(48)42-30-32(28-29-49(42)54)34-21-13-26-46-51(34)39-19-6-9-24-44(39)53(46)45-25-10-7-20-40(45)52-41-23-12-22-38-35-16-4-5-17-36(35)43(50(38)41)31-47(52)53/h1-31H. The highest BCUT2D eigenvalue weighted by atomic mass is 15.0. The number of para-hydroxylation sites is 2. The minimum absolute atomic E-state index is 0.445. The molecule has 0 aliphatic heterocycles. The van der Waals surface area contributed by atoms with E-state index >= 15 is 0 Å². The fraction of sp³-hybridized carbons (Fsp3) is 0.0189. The lowest BCUT2D eigenvalue weighted by Gasteiger charge is -2.31. The molecule has 3 aliphatic rings. The number of rotatable bonds is 2. The molecule has 9 aromatic carbocycles. The van der Waals surface area contributed by atoms with Crippen LogP contribution >= 0.6 is 0 Å². The van der Waals surface area contributed by atoms with Crippen molar-refractivity contribution in [1.82, 2.24) is 4.57 Å². The summed E-state index contributed by atoms with van der Waals surface area (Å²) in [6, 6.07) is 70.6. The second kappa shape index (κ2) is 10.1. The first-order chi connectivity index (χ1) is 26.8. The molecule has 0 amide bonds. The zero-order valence-corrected chi connectivity index (χ0v) is 29.3.